The molecule has 1 heterocycles. The van der Waals surface area contributed by atoms with Crippen LogP contribution >= 0.6 is 0 Å². The summed E-state index contributed by atoms with van der Waals surface area (Å²) in [5, 5.41) is 0. The van der Waals surface area contributed by atoms with Crippen molar-refractivity contribution in [2.45, 2.75) is 6.42 Å². The Bertz CT molecular complexity index is 975. The maximum absolute atomic E-state index is 11.6. The molecule has 0 saturated heterocycles. The lowest BCUT2D eigenvalue weighted by Gasteiger charge is -2.20. The van der Waals surface area contributed by atoms with Crippen LogP contribution in [0.3, 0.4) is 0 Å². The van der Waals surface area contributed by atoms with Crippen LogP contribution in [0.4, 0.5) is 11.4 Å². The molecule has 3 heteroatoms. The number of hydrogen-bond donors (Lipinski definition) is 0. The average Bonchev–Trinajstić information content (AvgIpc) is 3.16. The molecular weight excluding hydrogens is 334 g/mol. The summed E-state index contributed by atoms with van der Waals surface area (Å²) in [7, 11) is 1.40. The van der Waals surface area contributed by atoms with E-state index in [9.17, 15) is 4.79 Å². The number of hydrogen-bond acceptors (Lipinski definition) is 3. The third-order valence-electron chi connectivity index (χ3n) is 4.87. The van der Waals surface area contributed by atoms with Gasteiger partial charge in [0.05, 0.1) is 12.7 Å². The Morgan fingerprint density at radius 2 is 1.67 bits per heavy atom. The van der Waals surface area contributed by atoms with Crippen LogP contribution in [-0.2, 0) is 11.2 Å². The van der Waals surface area contributed by atoms with Crippen molar-refractivity contribution in [3.63, 3.8) is 0 Å². The first-order valence-electron chi connectivity index (χ1n) is 9.06. The molecule has 0 radical (unpaired) electrons. The molecule has 134 valence electrons. The number of esters is 1. The van der Waals surface area contributed by atoms with Crippen molar-refractivity contribution >= 4 is 29.5 Å². The van der Waals surface area contributed by atoms with Crippen LogP contribution in [0.5, 0.6) is 0 Å². The van der Waals surface area contributed by atoms with E-state index in [0.717, 1.165) is 18.7 Å². The summed E-state index contributed by atoms with van der Waals surface area (Å²) >= 11 is 0. The second-order valence-corrected chi connectivity index (χ2v) is 6.57. The molecule has 0 bridgehead atoms. The van der Waals surface area contributed by atoms with Crippen molar-refractivity contribution in [3.8, 4) is 0 Å². The van der Waals surface area contributed by atoms with E-state index in [1.165, 1.54) is 29.5 Å². The lowest BCUT2D eigenvalue weighted by Crippen LogP contribution is -2.13. The molecule has 3 nitrogen and oxygen atoms in total. The van der Waals surface area contributed by atoms with E-state index in [4.69, 9.17) is 4.74 Å². The molecule has 3 aromatic rings. The summed E-state index contributed by atoms with van der Waals surface area (Å²) in [4.78, 5) is 13.9. The summed E-state index contributed by atoms with van der Waals surface area (Å²) in [6, 6.07) is 24.5. The lowest BCUT2D eigenvalue weighted by molar-refractivity contribution is 0.0601. The van der Waals surface area contributed by atoms with Gasteiger partial charge in [-0.2, -0.15) is 0 Å². The van der Waals surface area contributed by atoms with Gasteiger partial charge in [-0.05, 0) is 59.5 Å². The molecule has 0 saturated carbocycles. The second-order valence-electron chi connectivity index (χ2n) is 6.57. The Kier molecular flexibility index (Phi) is 4.75. The predicted molar refractivity (Wildman–Crippen MR) is 110 cm³/mol. The topological polar surface area (TPSA) is 29.5 Å². The third kappa shape index (κ3) is 3.63. The molecule has 0 aliphatic carbocycles. The molecule has 0 atom stereocenters. The van der Waals surface area contributed by atoms with Gasteiger partial charge in [0, 0.05) is 17.9 Å². The lowest BCUT2D eigenvalue weighted by atomic mass is 10.1. The molecule has 0 N–H and O–H groups in total. The van der Waals surface area contributed by atoms with Gasteiger partial charge < -0.3 is 9.64 Å². The van der Waals surface area contributed by atoms with Crippen LogP contribution in [0, 0.1) is 0 Å². The molecule has 0 fully saturated rings. The first-order chi connectivity index (χ1) is 13.2. The highest BCUT2D eigenvalue weighted by atomic mass is 16.5. The fourth-order valence-corrected chi connectivity index (χ4v) is 3.45. The molecule has 0 unspecified atom stereocenters. The summed E-state index contributed by atoms with van der Waals surface area (Å²) in [6.07, 6.45) is 5.31. The van der Waals surface area contributed by atoms with Crippen molar-refractivity contribution in [1.29, 1.82) is 0 Å². The number of carbonyl (C=O) groups is 1. The maximum Gasteiger partial charge on any atom is 0.337 e. The standard InChI is InChI=1S/C24H21NO2/c1-27-24(26)20-10-12-22(13-11-20)25-16-15-21-17-19(9-14-23(21)25)8-7-18-5-3-2-4-6-18/h2-14,17H,15-16H2,1H3/b8-7+. The van der Waals surface area contributed by atoms with Crippen molar-refractivity contribution in [2.75, 3.05) is 18.6 Å². The normalized spacial score (nSPS) is 13.0. The molecule has 4 rings (SSSR count). The predicted octanol–water partition coefficient (Wildman–Crippen LogP) is 5.34. The van der Waals surface area contributed by atoms with Gasteiger partial charge in [-0.3, -0.25) is 0 Å². The highest BCUT2D eigenvalue weighted by Gasteiger charge is 2.20. The number of fused-ring (bicyclic) bond motifs is 1. The van der Waals surface area contributed by atoms with E-state index in [2.05, 4.69) is 47.4 Å². The van der Waals surface area contributed by atoms with Crippen LogP contribution in [0.1, 0.15) is 27.0 Å². The second kappa shape index (κ2) is 7.50. The number of anilines is 2. The molecule has 1 aliphatic heterocycles. The number of carbonyl (C=O) groups excluding carboxylic acids is 1. The summed E-state index contributed by atoms with van der Waals surface area (Å²) in [5.41, 5.74) is 6.65. The van der Waals surface area contributed by atoms with Crippen molar-refractivity contribution < 1.29 is 9.53 Å². The zero-order chi connectivity index (χ0) is 18.6. The van der Waals surface area contributed by atoms with Crippen molar-refractivity contribution in [2.24, 2.45) is 0 Å². The zero-order valence-electron chi connectivity index (χ0n) is 15.3. The van der Waals surface area contributed by atoms with Crippen molar-refractivity contribution in [1.82, 2.24) is 0 Å². The van der Waals surface area contributed by atoms with E-state index in [1.54, 1.807) is 0 Å². The minimum atomic E-state index is -0.307. The highest BCUT2D eigenvalue weighted by Crippen LogP contribution is 2.35. The van der Waals surface area contributed by atoms with E-state index in [1.807, 2.05) is 42.5 Å². The van der Waals surface area contributed by atoms with Gasteiger partial charge in [-0.25, -0.2) is 4.79 Å². The zero-order valence-corrected chi connectivity index (χ0v) is 15.3. The van der Waals surface area contributed by atoms with E-state index >= 15 is 0 Å². The Labute approximate surface area is 159 Å². The molecule has 27 heavy (non-hydrogen) atoms. The smallest absolute Gasteiger partial charge is 0.337 e. The highest BCUT2D eigenvalue weighted by molar-refractivity contribution is 5.90. The van der Waals surface area contributed by atoms with E-state index in [0.29, 0.717) is 5.56 Å². The van der Waals surface area contributed by atoms with Gasteiger partial charge in [0.15, 0.2) is 0 Å². The fourth-order valence-electron chi connectivity index (χ4n) is 3.45. The summed E-state index contributed by atoms with van der Waals surface area (Å²) in [6.45, 7) is 0.943. The molecule has 0 amide bonds. The minimum Gasteiger partial charge on any atom is -0.465 e. The Balaban J connectivity index is 1.54. The fraction of sp³-hybridized carbons (Fsp3) is 0.125. The number of benzene rings is 3. The van der Waals surface area contributed by atoms with Crippen LogP contribution in [0.2, 0.25) is 0 Å². The molecule has 0 aromatic heterocycles. The number of nitrogens with zero attached hydrogens (tertiary/aromatic N) is 1. The summed E-state index contributed by atoms with van der Waals surface area (Å²) < 4.78 is 4.77. The Morgan fingerprint density at radius 1 is 0.926 bits per heavy atom. The van der Waals surface area contributed by atoms with Gasteiger partial charge in [0.25, 0.3) is 0 Å². The van der Waals surface area contributed by atoms with Gasteiger partial charge in [0.2, 0.25) is 0 Å². The van der Waals surface area contributed by atoms with E-state index < -0.39 is 0 Å². The maximum atomic E-state index is 11.6. The first-order valence-corrected chi connectivity index (χ1v) is 9.06. The van der Waals surface area contributed by atoms with Crippen LogP contribution in [0.25, 0.3) is 12.2 Å². The summed E-state index contributed by atoms with van der Waals surface area (Å²) in [5.74, 6) is -0.307. The Hall–Kier alpha value is -3.33. The molecule has 0 spiro atoms. The van der Waals surface area contributed by atoms with Gasteiger partial charge in [0.1, 0.15) is 0 Å². The first kappa shape index (κ1) is 17.1. The van der Waals surface area contributed by atoms with E-state index in [-0.39, 0.29) is 5.97 Å². The van der Waals surface area contributed by atoms with Gasteiger partial charge in [-0.1, -0.05) is 48.6 Å². The van der Waals surface area contributed by atoms with Gasteiger partial charge in [-0.15, -0.1) is 0 Å². The quantitative estimate of drug-likeness (QED) is 0.467. The Morgan fingerprint density at radius 3 is 2.41 bits per heavy atom. The van der Waals surface area contributed by atoms with Crippen molar-refractivity contribution in [3.05, 3.63) is 95.1 Å². The third-order valence-corrected chi connectivity index (χ3v) is 4.87. The van der Waals surface area contributed by atoms with Gasteiger partial charge >= 0.3 is 5.97 Å². The molecular formula is C24H21NO2. The van der Waals surface area contributed by atoms with Crippen LogP contribution in [0.15, 0.2) is 72.8 Å². The largest absolute Gasteiger partial charge is 0.465 e. The molecule has 1 aliphatic rings. The monoisotopic (exact) mass is 355 g/mol. The SMILES string of the molecule is COC(=O)c1ccc(N2CCc3cc(/C=C/c4ccccc4)ccc32)cc1. The van der Waals surface area contributed by atoms with Crippen LogP contribution in [-0.4, -0.2) is 19.6 Å². The number of methoxy groups -OCH3 is 1. The molecule has 3 aromatic carbocycles. The number of rotatable bonds is 4. The minimum absolute atomic E-state index is 0.307. The number of ether oxygens (including phenoxy) is 1. The van der Waals surface area contributed by atoms with Crippen LogP contribution < -0.4 is 4.90 Å². The average molecular weight is 355 g/mol.